The van der Waals surface area contributed by atoms with Gasteiger partial charge in [0.15, 0.2) is 23.3 Å². The molecule has 0 unspecified atom stereocenters. The highest BCUT2D eigenvalue weighted by Gasteiger charge is 2.32. The van der Waals surface area contributed by atoms with Gasteiger partial charge in [0, 0.05) is 18.9 Å². The Bertz CT molecular complexity index is 936. The summed E-state index contributed by atoms with van der Waals surface area (Å²) in [7, 11) is 0. The summed E-state index contributed by atoms with van der Waals surface area (Å²) in [5, 5.41) is 14.6. The van der Waals surface area contributed by atoms with Crippen LogP contribution < -0.4 is 10.3 Å². The first-order valence-corrected chi connectivity index (χ1v) is 8.50. The predicted molar refractivity (Wildman–Crippen MR) is 88.3 cm³/mol. The standard InChI is InChI=1S/C15H11F4N5O2S/c1-2-9-21-22-15(27-9)20-14(26)8-3-4-10(25)24(23-8)13-11(18)6(16)5-7(17)12(13)19/h5H,2-4H2,1H3,(H,20,22,26). The normalized spacial score (nSPS) is 14.3. The molecule has 2 amide bonds. The number of rotatable bonds is 4. The lowest BCUT2D eigenvalue weighted by atomic mass is 10.1. The lowest BCUT2D eigenvalue weighted by Gasteiger charge is -2.23. The Morgan fingerprint density at radius 2 is 1.85 bits per heavy atom. The van der Waals surface area contributed by atoms with Crippen molar-refractivity contribution < 1.29 is 27.2 Å². The average Bonchev–Trinajstić information content (AvgIpc) is 3.09. The molecule has 1 aromatic heterocycles. The van der Waals surface area contributed by atoms with Crippen molar-refractivity contribution >= 4 is 39.7 Å². The number of halogens is 4. The minimum absolute atomic E-state index is 0.0146. The summed E-state index contributed by atoms with van der Waals surface area (Å²) < 4.78 is 54.8. The van der Waals surface area contributed by atoms with Crippen LogP contribution in [-0.2, 0) is 16.0 Å². The second kappa shape index (κ2) is 7.39. The maximum atomic E-state index is 14.0. The van der Waals surface area contributed by atoms with Crippen LogP contribution in [0.15, 0.2) is 11.2 Å². The molecule has 1 aromatic carbocycles. The molecule has 1 aliphatic rings. The van der Waals surface area contributed by atoms with Crippen LogP contribution in [0.5, 0.6) is 0 Å². The van der Waals surface area contributed by atoms with Crippen molar-refractivity contribution in [3.05, 3.63) is 34.3 Å². The fourth-order valence-corrected chi connectivity index (χ4v) is 2.93. The minimum atomic E-state index is -1.79. The lowest BCUT2D eigenvalue weighted by Crippen LogP contribution is -2.37. The van der Waals surface area contributed by atoms with Crippen molar-refractivity contribution in [1.82, 2.24) is 10.2 Å². The maximum Gasteiger partial charge on any atom is 0.273 e. The fourth-order valence-electron chi connectivity index (χ4n) is 2.25. The SMILES string of the molecule is CCc1nnc(NC(=O)C2=NN(c3c(F)c(F)cc(F)c3F)C(=O)CC2)s1. The molecule has 0 spiro atoms. The van der Waals surface area contributed by atoms with E-state index >= 15 is 0 Å². The molecular weight excluding hydrogens is 390 g/mol. The smallest absolute Gasteiger partial charge is 0.273 e. The van der Waals surface area contributed by atoms with Gasteiger partial charge in [-0.1, -0.05) is 18.3 Å². The molecule has 3 rings (SSSR count). The molecule has 2 aromatic rings. The molecule has 0 radical (unpaired) electrons. The molecule has 0 saturated heterocycles. The van der Waals surface area contributed by atoms with Gasteiger partial charge >= 0.3 is 0 Å². The highest BCUT2D eigenvalue weighted by atomic mass is 32.1. The second-order valence-corrected chi connectivity index (χ2v) is 6.44. The summed E-state index contributed by atoms with van der Waals surface area (Å²) in [5.74, 6) is -8.65. The van der Waals surface area contributed by atoms with E-state index in [2.05, 4.69) is 20.6 Å². The second-order valence-electron chi connectivity index (χ2n) is 5.38. The van der Waals surface area contributed by atoms with Crippen molar-refractivity contribution in [2.24, 2.45) is 5.10 Å². The Hall–Kier alpha value is -2.89. The number of hydrogen-bond donors (Lipinski definition) is 1. The van der Waals surface area contributed by atoms with Crippen LogP contribution in [0.25, 0.3) is 0 Å². The molecule has 1 aliphatic heterocycles. The van der Waals surface area contributed by atoms with Gasteiger partial charge < -0.3 is 0 Å². The van der Waals surface area contributed by atoms with Gasteiger partial charge in [-0.3, -0.25) is 14.9 Å². The summed E-state index contributed by atoms with van der Waals surface area (Å²) in [6.07, 6.45) is 0.154. The summed E-state index contributed by atoms with van der Waals surface area (Å²) in [4.78, 5) is 24.3. The van der Waals surface area contributed by atoms with E-state index in [9.17, 15) is 27.2 Å². The van der Waals surface area contributed by atoms with E-state index in [0.717, 1.165) is 11.3 Å². The molecule has 0 saturated carbocycles. The Kier molecular flexibility index (Phi) is 5.17. The summed E-state index contributed by atoms with van der Waals surface area (Å²) in [5.41, 5.74) is -1.57. The van der Waals surface area contributed by atoms with Crippen molar-refractivity contribution in [1.29, 1.82) is 0 Å². The third-order valence-corrected chi connectivity index (χ3v) is 4.57. The van der Waals surface area contributed by atoms with E-state index < -0.39 is 40.8 Å². The third kappa shape index (κ3) is 3.65. The number of aromatic nitrogens is 2. The van der Waals surface area contributed by atoms with E-state index in [1.54, 1.807) is 0 Å². The number of hydrogen-bond acceptors (Lipinski definition) is 6. The van der Waals surface area contributed by atoms with Crippen LogP contribution in [0, 0.1) is 23.3 Å². The van der Waals surface area contributed by atoms with Crippen molar-refractivity contribution in [2.75, 3.05) is 10.3 Å². The van der Waals surface area contributed by atoms with Crippen molar-refractivity contribution in [2.45, 2.75) is 26.2 Å². The Balaban J connectivity index is 1.93. The highest BCUT2D eigenvalue weighted by molar-refractivity contribution is 7.15. The highest BCUT2D eigenvalue weighted by Crippen LogP contribution is 2.30. The van der Waals surface area contributed by atoms with Crippen LogP contribution >= 0.6 is 11.3 Å². The average molecular weight is 401 g/mol. The molecule has 2 heterocycles. The fraction of sp³-hybridized carbons (Fsp3) is 0.267. The number of benzene rings is 1. The molecular formula is C15H11F4N5O2S. The van der Waals surface area contributed by atoms with Crippen LogP contribution in [0.1, 0.15) is 24.8 Å². The molecule has 12 heteroatoms. The molecule has 7 nitrogen and oxygen atoms in total. The zero-order valence-electron chi connectivity index (χ0n) is 13.7. The monoisotopic (exact) mass is 401 g/mol. The van der Waals surface area contributed by atoms with Gasteiger partial charge in [-0.15, -0.1) is 10.2 Å². The number of hydrazone groups is 1. The molecule has 27 heavy (non-hydrogen) atoms. The van der Waals surface area contributed by atoms with Crippen LogP contribution in [0.3, 0.4) is 0 Å². The van der Waals surface area contributed by atoms with Crippen LogP contribution in [-0.4, -0.2) is 27.7 Å². The molecule has 0 fully saturated rings. The first-order valence-electron chi connectivity index (χ1n) is 7.69. The summed E-state index contributed by atoms with van der Waals surface area (Å²) >= 11 is 1.12. The minimum Gasteiger partial charge on any atom is -0.295 e. The van der Waals surface area contributed by atoms with E-state index in [-0.39, 0.29) is 34.8 Å². The van der Waals surface area contributed by atoms with E-state index in [1.807, 2.05) is 6.92 Å². The molecule has 142 valence electrons. The number of aryl methyl sites for hydroxylation is 1. The number of nitrogens with one attached hydrogen (secondary N) is 1. The van der Waals surface area contributed by atoms with E-state index in [0.29, 0.717) is 11.4 Å². The van der Waals surface area contributed by atoms with Gasteiger partial charge in [0.25, 0.3) is 5.91 Å². The first kappa shape index (κ1) is 18.9. The van der Waals surface area contributed by atoms with Crippen LogP contribution in [0.2, 0.25) is 0 Å². The molecule has 0 aliphatic carbocycles. The Labute approximate surface area is 153 Å². The third-order valence-electron chi connectivity index (χ3n) is 3.58. The van der Waals surface area contributed by atoms with Gasteiger partial charge in [0.05, 0.1) is 0 Å². The number of carbonyl (C=O) groups excluding carboxylic acids is 2. The number of nitrogens with zero attached hydrogens (tertiary/aromatic N) is 4. The summed E-state index contributed by atoms with van der Waals surface area (Å²) in [6.45, 7) is 1.85. The molecule has 0 atom stereocenters. The lowest BCUT2D eigenvalue weighted by molar-refractivity contribution is -0.118. The maximum absolute atomic E-state index is 14.0. The number of amides is 2. The van der Waals surface area contributed by atoms with Crippen LogP contribution in [0.4, 0.5) is 28.4 Å². The first-order chi connectivity index (χ1) is 12.8. The molecule has 0 bridgehead atoms. The zero-order valence-corrected chi connectivity index (χ0v) is 14.5. The van der Waals surface area contributed by atoms with Gasteiger partial charge in [-0.25, -0.2) is 17.6 Å². The predicted octanol–water partition coefficient (Wildman–Crippen LogP) is 2.78. The van der Waals surface area contributed by atoms with E-state index in [1.165, 1.54) is 0 Å². The Morgan fingerprint density at radius 3 is 2.44 bits per heavy atom. The van der Waals surface area contributed by atoms with Crippen molar-refractivity contribution in [3.8, 4) is 0 Å². The number of carbonyl (C=O) groups is 2. The van der Waals surface area contributed by atoms with E-state index in [4.69, 9.17) is 0 Å². The van der Waals surface area contributed by atoms with Gasteiger partial charge in [0.1, 0.15) is 16.4 Å². The van der Waals surface area contributed by atoms with Crippen molar-refractivity contribution in [3.63, 3.8) is 0 Å². The van der Waals surface area contributed by atoms with Gasteiger partial charge in [-0.2, -0.15) is 10.1 Å². The topological polar surface area (TPSA) is 87.6 Å². The van der Waals surface area contributed by atoms with Gasteiger partial charge in [0.2, 0.25) is 11.0 Å². The quantitative estimate of drug-likeness (QED) is 0.631. The number of anilines is 2. The van der Waals surface area contributed by atoms with Gasteiger partial charge in [-0.05, 0) is 6.42 Å². The zero-order chi connectivity index (χ0) is 19.7. The summed E-state index contributed by atoms with van der Waals surface area (Å²) in [6, 6.07) is 0.0146. The largest absolute Gasteiger partial charge is 0.295 e. The molecule has 1 N–H and O–H groups in total. The Morgan fingerprint density at radius 1 is 1.19 bits per heavy atom.